The molecule has 2 aromatic rings. The first-order valence-corrected chi connectivity index (χ1v) is 6.85. The van der Waals surface area contributed by atoms with Crippen LogP contribution in [0.2, 0.25) is 0 Å². The number of rotatable bonds is 2. The van der Waals surface area contributed by atoms with Gasteiger partial charge >= 0.3 is 0 Å². The van der Waals surface area contributed by atoms with Crippen LogP contribution in [0.15, 0.2) is 24.3 Å². The van der Waals surface area contributed by atoms with Crippen molar-refractivity contribution < 1.29 is 4.79 Å². The third-order valence-electron chi connectivity index (χ3n) is 4.16. The number of aryl methyl sites for hydroxylation is 1. The molecule has 1 aromatic carbocycles. The highest BCUT2D eigenvalue weighted by atomic mass is 16.1. The molecule has 0 saturated heterocycles. The summed E-state index contributed by atoms with van der Waals surface area (Å²) in [6.45, 7) is 0.849. The van der Waals surface area contributed by atoms with Gasteiger partial charge in [-0.25, -0.2) is 0 Å². The van der Waals surface area contributed by atoms with E-state index in [0.717, 1.165) is 30.3 Å². The van der Waals surface area contributed by atoms with E-state index in [2.05, 4.69) is 28.6 Å². The zero-order valence-corrected chi connectivity index (χ0v) is 11.8. The molecule has 0 N–H and O–H groups in total. The number of carbonyl (C=O) groups is 1. The third kappa shape index (κ3) is 1.89. The van der Waals surface area contributed by atoms with E-state index in [1.165, 1.54) is 11.2 Å². The molecule has 1 heterocycles. The molecule has 0 amide bonds. The van der Waals surface area contributed by atoms with Crippen LogP contribution < -0.4 is 0 Å². The van der Waals surface area contributed by atoms with Crippen LogP contribution in [0.25, 0.3) is 10.9 Å². The molecule has 0 radical (unpaired) electrons. The smallest absolute Gasteiger partial charge is 0.169 e. The normalized spacial score (nSPS) is 19.2. The van der Waals surface area contributed by atoms with Gasteiger partial charge in [0.05, 0.1) is 0 Å². The summed E-state index contributed by atoms with van der Waals surface area (Å²) in [4.78, 5) is 14.8. The van der Waals surface area contributed by atoms with E-state index in [0.29, 0.717) is 5.78 Å². The Morgan fingerprint density at radius 3 is 2.79 bits per heavy atom. The molecule has 0 unspecified atom stereocenters. The van der Waals surface area contributed by atoms with Gasteiger partial charge in [-0.2, -0.15) is 0 Å². The maximum absolute atomic E-state index is 12.7. The second kappa shape index (κ2) is 4.49. The van der Waals surface area contributed by atoms with Gasteiger partial charge < -0.3 is 9.47 Å². The Kier molecular flexibility index (Phi) is 2.94. The van der Waals surface area contributed by atoms with Crippen LogP contribution in [0.3, 0.4) is 0 Å². The van der Waals surface area contributed by atoms with Crippen molar-refractivity contribution in [3.05, 3.63) is 35.5 Å². The summed E-state index contributed by atoms with van der Waals surface area (Å²) >= 11 is 0. The second-order valence-corrected chi connectivity index (χ2v) is 5.76. The van der Waals surface area contributed by atoms with Crippen LogP contribution >= 0.6 is 0 Å². The zero-order chi connectivity index (χ0) is 13.6. The maximum Gasteiger partial charge on any atom is 0.169 e. The van der Waals surface area contributed by atoms with Gasteiger partial charge in [-0.3, -0.25) is 4.79 Å². The molecule has 3 nitrogen and oxygen atoms in total. The lowest BCUT2D eigenvalue weighted by molar-refractivity contribution is 0.0878. The number of fused-ring (bicyclic) bond motifs is 3. The molecule has 3 heteroatoms. The average Bonchev–Trinajstić information content (AvgIpc) is 2.67. The summed E-state index contributed by atoms with van der Waals surface area (Å²) in [5.41, 5.74) is 3.35. The number of para-hydroxylation sites is 1. The van der Waals surface area contributed by atoms with E-state index in [1.54, 1.807) is 0 Å². The molecule has 0 bridgehead atoms. The van der Waals surface area contributed by atoms with Gasteiger partial charge in [-0.05, 0) is 33.0 Å². The van der Waals surface area contributed by atoms with Gasteiger partial charge in [0, 0.05) is 41.7 Å². The summed E-state index contributed by atoms with van der Waals surface area (Å²) in [7, 11) is 6.14. The summed E-state index contributed by atoms with van der Waals surface area (Å²) in [6, 6.07) is 8.23. The third-order valence-corrected chi connectivity index (χ3v) is 4.16. The number of Topliss-reactive ketones (excluding diaryl/α,β-unsaturated/α-hetero) is 1. The molecular formula is C16H20N2O. The van der Waals surface area contributed by atoms with Crippen LogP contribution in [0.4, 0.5) is 0 Å². The minimum Gasteiger partial charge on any atom is -0.347 e. The van der Waals surface area contributed by atoms with E-state index < -0.39 is 0 Å². The fourth-order valence-corrected chi connectivity index (χ4v) is 3.27. The largest absolute Gasteiger partial charge is 0.347 e. The SMILES string of the molecule is CN(C)C[C@H]1CCc2c(c3ccccc3n2C)C1=O. The molecule has 0 saturated carbocycles. The first-order chi connectivity index (χ1) is 9.09. The van der Waals surface area contributed by atoms with Crippen LogP contribution in [-0.4, -0.2) is 35.9 Å². The highest BCUT2D eigenvalue weighted by Gasteiger charge is 2.31. The Hall–Kier alpha value is -1.61. The van der Waals surface area contributed by atoms with Crippen molar-refractivity contribution in [2.24, 2.45) is 13.0 Å². The first kappa shape index (κ1) is 12.4. The predicted octanol–water partition coefficient (Wildman–Crippen LogP) is 2.49. The zero-order valence-electron chi connectivity index (χ0n) is 11.8. The summed E-state index contributed by atoms with van der Waals surface area (Å²) in [5.74, 6) is 0.472. The summed E-state index contributed by atoms with van der Waals surface area (Å²) in [5, 5.41) is 1.12. The Bertz CT molecular complexity index is 639. The van der Waals surface area contributed by atoms with Crippen LogP contribution in [0, 0.1) is 5.92 Å². The molecule has 1 aliphatic carbocycles. The number of hydrogen-bond acceptors (Lipinski definition) is 2. The molecule has 0 aliphatic heterocycles. The molecule has 1 aliphatic rings. The van der Waals surface area contributed by atoms with Gasteiger partial charge in [-0.15, -0.1) is 0 Å². The van der Waals surface area contributed by atoms with Gasteiger partial charge in [-0.1, -0.05) is 18.2 Å². The van der Waals surface area contributed by atoms with Crippen molar-refractivity contribution >= 4 is 16.7 Å². The Labute approximate surface area is 113 Å². The first-order valence-electron chi connectivity index (χ1n) is 6.85. The monoisotopic (exact) mass is 256 g/mol. The lowest BCUT2D eigenvalue weighted by atomic mass is 9.85. The van der Waals surface area contributed by atoms with Crippen molar-refractivity contribution in [2.45, 2.75) is 12.8 Å². The van der Waals surface area contributed by atoms with Crippen LogP contribution in [-0.2, 0) is 13.5 Å². The number of carbonyl (C=O) groups excluding carboxylic acids is 1. The second-order valence-electron chi connectivity index (χ2n) is 5.76. The molecule has 19 heavy (non-hydrogen) atoms. The Morgan fingerprint density at radius 1 is 1.32 bits per heavy atom. The van der Waals surface area contributed by atoms with Gasteiger partial charge in [0.2, 0.25) is 0 Å². The van der Waals surface area contributed by atoms with Crippen molar-refractivity contribution in [3.8, 4) is 0 Å². The van der Waals surface area contributed by atoms with Crippen LogP contribution in [0.1, 0.15) is 22.5 Å². The quantitative estimate of drug-likeness (QED) is 0.825. The number of benzene rings is 1. The summed E-state index contributed by atoms with van der Waals surface area (Å²) in [6.07, 6.45) is 1.97. The molecular weight excluding hydrogens is 236 g/mol. The van der Waals surface area contributed by atoms with Gasteiger partial charge in [0.25, 0.3) is 0 Å². The highest BCUT2D eigenvalue weighted by molar-refractivity contribution is 6.11. The van der Waals surface area contributed by atoms with Crippen molar-refractivity contribution in [1.82, 2.24) is 9.47 Å². The topological polar surface area (TPSA) is 25.2 Å². The molecule has 1 atom stereocenters. The maximum atomic E-state index is 12.7. The fourth-order valence-electron chi connectivity index (χ4n) is 3.27. The Morgan fingerprint density at radius 2 is 2.05 bits per heavy atom. The predicted molar refractivity (Wildman–Crippen MR) is 77.6 cm³/mol. The lowest BCUT2D eigenvalue weighted by Crippen LogP contribution is -2.31. The number of hydrogen-bond donors (Lipinski definition) is 0. The minimum absolute atomic E-state index is 0.147. The lowest BCUT2D eigenvalue weighted by Gasteiger charge is -2.24. The standard InChI is InChI=1S/C16H20N2O/c1-17(2)10-11-8-9-14-15(16(11)19)12-6-4-5-7-13(12)18(14)3/h4-7,11H,8-10H2,1-3H3/t11-/m1/s1. The van der Waals surface area contributed by atoms with Crippen molar-refractivity contribution in [2.75, 3.05) is 20.6 Å². The minimum atomic E-state index is 0.147. The molecule has 1 aromatic heterocycles. The molecule has 0 fully saturated rings. The highest BCUT2D eigenvalue weighted by Crippen LogP contribution is 2.33. The molecule has 0 spiro atoms. The van der Waals surface area contributed by atoms with Gasteiger partial charge in [0.1, 0.15) is 0 Å². The van der Waals surface area contributed by atoms with E-state index in [4.69, 9.17) is 0 Å². The Balaban J connectivity index is 2.13. The number of aromatic nitrogens is 1. The summed E-state index contributed by atoms with van der Waals surface area (Å²) < 4.78 is 2.19. The van der Waals surface area contributed by atoms with Crippen molar-refractivity contribution in [3.63, 3.8) is 0 Å². The van der Waals surface area contributed by atoms with Crippen LogP contribution in [0.5, 0.6) is 0 Å². The van der Waals surface area contributed by atoms with Crippen molar-refractivity contribution in [1.29, 1.82) is 0 Å². The molecule has 3 rings (SSSR count). The van der Waals surface area contributed by atoms with E-state index in [-0.39, 0.29) is 5.92 Å². The average molecular weight is 256 g/mol. The van der Waals surface area contributed by atoms with E-state index in [9.17, 15) is 4.79 Å². The van der Waals surface area contributed by atoms with E-state index in [1.807, 2.05) is 26.2 Å². The van der Waals surface area contributed by atoms with Gasteiger partial charge in [0.15, 0.2) is 5.78 Å². The van der Waals surface area contributed by atoms with E-state index >= 15 is 0 Å². The number of ketones is 1. The fraction of sp³-hybridized carbons (Fsp3) is 0.438. The molecule has 100 valence electrons. The number of nitrogens with zero attached hydrogens (tertiary/aromatic N) is 2.